The molecule has 0 saturated heterocycles. The molecule has 0 radical (unpaired) electrons. The molecule has 6 nitrogen and oxygen atoms in total. The van der Waals surface area contributed by atoms with Crippen LogP contribution >= 0.6 is 0 Å². The molecule has 22 heavy (non-hydrogen) atoms. The van der Waals surface area contributed by atoms with E-state index in [9.17, 15) is 9.59 Å². The summed E-state index contributed by atoms with van der Waals surface area (Å²) in [6.45, 7) is 2.36. The van der Waals surface area contributed by atoms with Gasteiger partial charge in [0.05, 0.1) is 23.9 Å². The maximum atomic E-state index is 11.2. The fourth-order valence-corrected chi connectivity index (χ4v) is 2.10. The molecule has 1 aromatic heterocycles. The van der Waals surface area contributed by atoms with Crippen molar-refractivity contribution in [2.45, 2.75) is 19.9 Å². The maximum Gasteiger partial charge on any atom is 0.332 e. The van der Waals surface area contributed by atoms with Gasteiger partial charge in [-0.25, -0.2) is 9.78 Å². The molecular weight excluding hydrogens is 284 g/mol. The third kappa shape index (κ3) is 3.82. The van der Waals surface area contributed by atoms with Crippen LogP contribution in [0.3, 0.4) is 0 Å². The van der Waals surface area contributed by atoms with Crippen LogP contribution in [0.5, 0.6) is 0 Å². The molecule has 0 unspecified atom stereocenters. The molecule has 2 aromatic rings. The lowest BCUT2D eigenvalue weighted by atomic mass is 10.1. The van der Waals surface area contributed by atoms with Crippen LogP contribution < -0.4 is 0 Å². The van der Waals surface area contributed by atoms with Crippen molar-refractivity contribution in [1.29, 1.82) is 0 Å². The van der Waals surface area contributed by atoms with E-state index in [4.69, 9.17) is 10.2 Å². The van der Waals surface area contributed by atoms with E-state index in [0.717, 1.165) is 11.4 Å². The molecule has 1 heterocycles. The van der Waals surface area contributed by atoms with E-state index >= 15 is 0 Å². The number of hydrogen-bond donors (Lipinski definition) is 2. The first-order valence-corrected chi connectivity index (χ1v) is 6.69. The van der Waals surface area contributed by atoms with E-state index in [2.05, 4.69) is 4.98 Å². The number of carbonyl (C=O) groups is 2. The number of nitrogens with zero attached hydrogens (tertiary/aromatic N) is 2. The number of aliphatic carboxylic acids is 2. The average molecular weight is 300 g/mol. The highest BCUT2D eigenvalue weighted by atomic mass is 16.4. The van der Waals surface area contributed by atoms with Gasteiger partial charge in [-0.05, 0) is 18.6 Å². The smallest absolute Gasteiger partial charge is 0.332 e. The molecule has 0 bridgehead atoms. The minimum absolute atomic E-state index is 0.179. The quantitative estimate of drug-likeness (QED) is 0.798. The highest BCUT2D eigenvalue weighted by Crippen LogP contribution is 2.15. The summed E-state index contributed by atoms with van der Waals surface area (Å²) in [4.78, 5) is 26.1. The third-order valence-corrected chi connectivity index (χ3v) is 3.21. The molecule has 0 fully saturated rings. The number of carboxylic acid groups (broad SMARTS) is 2. The van der Waals surface area contributed by atoms with Crippen molar-refractivity contribution in [3.05, 3.63) is 59.2 Å². The van der Waals surface area contributed by atoms with Gasteiger partial charge in [-0.2, -0.15) is 0 Å². The Hall–Kier alpha value is -2.89. The summed E-state index contributed by atoms with van der Waals surface area (Å²) in [6, 6.07) is 9.68. The van der Waals surface area contributed by atoms with Gasteiger partial charge in [-0.1, -0.05) is 30.3 Å². The molecule has 0 atom stereocenters. The van der Waals surface area contributed by atoms with Crippen molar-refractivity contribution >= 4 is 18.0 Å². The van der Waals surface area contributed by atoms with Crippen molar-refractivity contribution in [3.63, 3.8) is 0 Å². The van der Waals surface area contributed by atoms with Crippen LogP contribution in [0.1, 0.15) is 23.5 Å². The molecule has 0 saturated carbocycles. The predicted octanol–water partition coefficient (Wildman–Crippen LogP) is 2.18. The van der Waals surface area contributed by atoms with Crippen molar-refractivity contribution < 1.29 is 19.8 Å². The predicted molar refractivity (Wildman–Crippen MR) is 80.4 cm³/mol. The molecule has 2 N–H and O–H groups in total. The molecular formula is C16H16N2O4. The zero-order valence-corrected chi connectivity index (χ0v) is 12.1. The summed E-state index contributed by atoms with van der Waals surface area (Å²) >= 11 is 0. The van der Waals surface area contributed by atoms with Crippen LogP contribution in [0.15, 0.2) is 42.1 Å². The van der Waals surface area contributed by atoms with E-state index in [0.29, 0.717) is 12.2 Å². The van der Waals surface area contributed by atoms with E-state index < -0.39 is 18.4 Å². The number of carboxylic acids is 2. The lowest BCUT2D eigenvalue weighted by molar-refractivity contribution is -0.139. The van der Waals surface area contributed by atoms with E-state index in [-0.39, 0.29) is 5.57 Å². The Morgan fingerprint density at radius 2 is 1.91 bits per heavy atom. The Morgan fingerprint density at radius 3 is 2.50 bits per heavy atom. The summed E-state index contributed by atoms with van der Waals surface area (Å²) in [5.74, 6) is -1.69. The molecule has 1 aromatic carbocycles. The van der Waals surface area contributed by atoms with E-state index in [1.165, 1.54) is 6.08 Å². The first kappa shape index (κ1) is 15.5. The van der Waals surface area contributed by atoms with Crippen molar-refractivity contribution in [2.75, 3.05) is 0 Å². The van der Waals surface area contributed by atoms with Gasteiger partial charge in [-0.3, -0.25) is 4.79 Å². The van der Waals surface area contributed by atoms with Crippen LogP contribution in [0.2, 0.25) is 0 Å². The summed E-state index contributed by atoms with van der Waals surface area (Å²) < 4.78 is 1.85. The van der Waals surface area contributed by atoms with Gasteiger partial charge in [0.2, 0.25) is 0 Å². The second-order valence-corrected chi connectivity index (χ2v) is 4.85. The van der Waals surface area contributed by atoms with Gasteiger partial charge < -0.3 is 14.8 Å². The summed E-state index contributed by atoms with van der Waals surface area (Å²) in [5, 5.41) is 17.9. The summed E-state index contributed by atoms with van der Waals surface area (Å²) in [5.41, 5.74) is 1.44. The van der Waals surface area contributed by atoms with Crippen molar-refractivity contribution in [2.24, 2.45) is 0 Å². The fraction of sp³-hybridized carbons (Fsp3) is 0.188. The SMILES string of the molecule is Cc1ncc(/C=C(\CC(=O)O)C(=O)O)n1Cc1ccccc1. The third-order valence-electron chi connectivity index (χ3n) is 3.21. The lowest BCUT2D eigenvalue weighted by Gasteiger charge is -2.09. The highest BCUT2D eigenvalue weighted by molar-refractivity contribution is 5.96. The van der Waals surface area contributed by atoms with Crippen LogP contribution in [0, 0.1) is 6.92 Å². The van der Waals surface area contributed by atoms with Gasteiger partial charge in [-0.15, -0.1) is 0 Å². The van der Waals surface area contributed by atoms with Crippen molar-refractivity contribution in [3.8, 4) is 0 Å². The van der Waals surface area contributed by atoms with E-state index in [1.54, 1.807) is 6.20 Å². The lowest BCUT2D eigenvalue weighted by Crippen LogP contribution is -2.09. The fourth-order valence-electron chi connectivity index (χ4n) is 2.10. The monoisotopic (exact) mass is 300 g/mol. The molecule has 114 valence electrons. The Labute approximate surface area is 127 Å². The number of aryl methyl sites for hydroxylation is 1. The van der Waals surface area contributed by atoms with Crippen molar-refractivity contribution in [1.82, 2.24) is 9.55 Å². The Kier molecular flexibility index (Phi) is 4.73. The second-order valence-electron chi connectivity index (χ2n) is 4.85. The average Bonchev–Trinajstić information content (AvgIpc) is 2.80. The normalized spacial score (nSPS) is 11.4. The first-order valence-electron chi connectivity index (χ1n) is 6.69. The summed E-state index contributed by atoms with van der Waals surface area (Å²) in [7, 11) is 0. The van der Waals surface area contributed by atoms with Gasteiger partial charge in [0.1, 0.15) is 5.82 Å². The second kappa shape index (κ2) is 6.71. The number of rotatable bonds is 6. The highest BCUT2D eigenvalue weighted by Gasteiger charge is 2.14. The van der Waals surface area contributed by atoms with Crippen LogP contribution in [-0.4, -0.2) is 31.7 Å². The van der Waals surface area contributed by atoms with Crippen LogP contribution in [0.4, 0.5) is 0 Å². The van der Waals surface area contributed by atoms with Crippen LogP contribution in [-0.2, 0) is 16.1 Å². The number of benzene rings is 1. The van der Waals surface area contributed by atoms with Gasteiger partial charge in [0.25, 0.3) is 0 Å². The van der Waals surface area contributed by atoms with Crippen LogP contribution in [0.25, 0.3) is 6.08 Å². The zero-order valence-electron chi connectivity index (χ0n) is 12.1. The van der Waals surface area contributed by atoms with E-state index in [1.807, 2.05) is 41.8 Å². The topological polar surface area (TPSA) is 92.4 Å². The molecule has 2 rings (SSSR count). The minimum Gasteiger partial charge on any atom is -0.481 e. The Morgan fingerprint density at radius 1 is 1.23 bits per heavy atom. The van der Waals surface area contributed by atoms with Gasteiger partial charge in [0, 0.05) is 6.54 Å². The zero-order chi connectivity index (χ0) is 16.1. The Bertz CT molecular complexity index is 717. The van der Waals surface area contributed by atoms with Gasteiger partial charge in [0.15, 0.2) is 0 Å². The molecule has 0 aliphatic heterocycles. The summed E-state index contributed by atoms with van der Waals surface area (Å²) in [6.07, 6.45) is 2.37. The Balaban J connectivity index is 2.36. The molecule has 0 aliphatic rings. The molecule has 0 amide bonds. The number of aromatic nitrogens is 2. The minimum atomic E-state index is -1.24. The van der Waals surface area contributed by atoms with Gasteiger partial charge >= 0.3 is 11.9 Å². The molecule has 0 spiro atoms. The number of hydrogen-bond acceptors (Lipinski definition) is 3. The molecule has 6 heteroatoms. The molecule has 0 aliphatic carbocycles. The first-order chi connectivity index (χ1) is 10.5. The standard InChI is InChI=1S/C16H16N2O4/c1-11-17-9-14(7-13(16(21)22)8-15(19)20)18(11)10-12-5-3-2-4-6-12/h2-7,9H,8,10H2,1H3,(H,19,20)(H,21,22)/b13-7+. The maximum absolute atomic E-state index is 11.2. The largest absolute Gasteiger partial charge is 0.481 e. The number of imidazole rings is 1.